The molecular formula is C10H11FN2O2S. The largest absolute Gasteiger partial charge is 0.374 e. The van der Waals surface area contributed by atoms with Gasteiger partial charge in [0.1, 0.15) is 0 Å². The third-order valence-electron chi connectivity index (χ3n) is 2.14. The van der Waals surface area contributed by atoms with Crippen LogP contribution < -0.4 is 0 Å². The smallest absolute Gasteiger partial charge is 0.192 e. The van der Waals surface area contributed by atoms with E-state index < -0.39 is 10.4 Å². The van der Waals surface area contributed by atoms with Gasteiger partial charge in [-0.1, -0.05) is 16.0 Å². The van der Waals surface area contributed by atoms with Gasteiger partial charge in [-0.25, -0.2) is 0 Å². The van der Waals surface area contributed by atoms with Gasteiger partial charge >= 0.3 is 10.4 Å². The van der Waals surface area contributed by atoms with Gasteiger partial charge in [0.2, 0.25) is 0 Å². The van der Waals surface area contributed by atoms with Crippen molar-refractivity contribution in [3.05, 3.63) is 35.4 Å². The molecule has 0 aliphatic heterocycles. The Labute approximate surface area is 94.3 Å². The fraction of sp³-hybridized carbons (Fsp3) is 0.300. The molecule has 0 atom stereocenters. The van der Waals surface area contributed by atoms with Crippen molar-refractivity contribution in [3.8, 4) is 6.07 Å². The Morgan fingerprint density at radius 2 is 2.19 bits per heavy atom. The predicted octanol–water partition coefficient (Wildman–Crippen LogP) is 1.25. The molecule has 1 rings (SSSR count). The molecule has 0 spiro atoms. The number of halogens is 1. The molecule has 16 heavy (non-hydrogen) atoms. The Hall–Kier alpha value is -1.45. The van der Waals surface area contributed by atoms with E-state index in [9.17, 15) is 12.3 Å². The van der Waals surface area contributed by atoms with Gasteiger partial charge in [0.25, 0.3) is 0 Å². The number of benzene rings is 1. The van der Waals surface area contributed by atoms with Gasteiger partial charge in [0.15, 0.2) is 0 Å². The summed E-state index contributed by atoms with van der Waals surface area (Å²) in [6, 6.07) is 8.75. The van der Waals surface area contributed by atoms with Crippen molar-refractivity contribution < 1.29 is 12.3 Å². The Balaban J connectivity index is 2.66. The molecule has 0 radical (unpaired) electrons. The highest BCUT2D eigenvalue weighted by Crippen LogP contribution is 2.07. The molecule has 1 aromatic rings. The van der Waals surface area contributed by atoms with Crippen LogP contribution in [0, 0.1) is 11.3 Å². The third kappa shape index (κ3) is 3.61. The third-order valence-corrected chi connectivity index (χ3v) is 3.07. The maximum absolute atomic E-state index is 12.5. The molecule has 4 nitrogen and oxygen atoms in total. The van der Waals surface area contributed by atoms with E-state index in [1.165, 1.54) is 7.05 Å². The standard InChI is InChI=1S/C10H11FN2O2S/c1-13(16(11,14)15)6-5-9-3-2-4-10(7-9)8-12/h2-4,7H,5-6H2,1H3. The van der Waals surface area contributed by atoms with E-state index in [1.54, 1.807) is 24.3 Å². The van der Waals surface area contributed by atoms with Crippen LogP contribution in [0.1, 0.15) is 11.1 Å². The van der Waals surface area contributed by atoms with Gasteiger partial charge in [0, 0.05) is 13.6 Å². The number of hydrogen-bond acceptors (Lipinski definition) is 3. The molecule has 0 saturated heterocycles. The van der Waals surface area contributed by atoms with E-state index in [-0.39, 0.29) is 6.54 Å². The molecule has 0 fully saturated rings. The highest BCUT2D eigenvalue weighted by Gasteiger charge is 2.14. The average molecular weight is 242 g/mol. The van der Waals surface area contributed by atoms with Crippen molar-refractivity contribution in [2.75, 3.05) is 13.6 Å². The van der Waals surface area contributed by atoms with Crippen molar-refractivity contribution in [2.24, 2.45) is 0 Å². The molecule has 0 amide bonds. The summed E-state index contributed by atoms with van der Waals surface area (Å²) in [5, 5.41) is 8.65. The molecule has 0 unspecified atom stereocenters. The molecule has 0 aliphatic rings. The van der Waals surface area contributed by atoms with Crippen molar-refractivity contribution >= 4 is 10.4 Å². The molecule has 0 saturated carbocycles. The Morgan fingerprint density at radius 3 is 2.75 bits per heavy atom. The lowest BCUT2D eigenvalue weighted by atomic mass is 10.1. The van der Waals surface area contributed by atoms with E-state index >= 15 is 0 Å². The van der Waals surface area contributed by atoms with E-state index in [2.05, 4.69) is 0 Å². The monoisotopic (exact) mass is 242 g/mol. The SMILES string of the molecule is CN(CCc1cccc(C#N)c1)S(=O)(=O)F. The summed E-state index contributed by atoms with van der Waals surface area (Å²) in [7, 11) is -3.45. The van der Waals surface area contributed by atoms with Gasteiger partial charge in [-0.3, -0.25) is 0 Å². The van der Waals surface area contributed by atoms with Gasteiger partial charge in [-0.05, 0) is 24.1 Å². The zero-order valence-corrected chi connectivity index (χ0v) is 9.54. The van der Waals surface area contributed by atoms with Gasteiger partial charge in [0.05, 0.1) is 11.6 Å². The summed E-state index contributed by atoms with van der Waals surface area (Å²) < 4.78 is 34.1. The molecule has 0 aromatic heterocycles. The number of hydrogen-bond donors (Lipinski definition) is 0. The highest BCUT2D eigenvalue weighted by molar-refractivity contribution is 7.83. The Morgan fingerprint density at radius 1 is 1.50 bits per heavy atom. The second kappa shape index (κ2) is 5.05. The van der Waals surface area contributed by atoms with Gasteiger partial charge in [-0.15, -0.1) is 0 Å². The number of rotatable bonds is 4. The lowest BCUT2D eigenvalue weighted by Gasteiger charge is -2.10. The Bertz CT molecular complexity index is 508. The minimum absolute atomic E-state index is 0.0493. The lowest BCUT2D eigenvalue weighted by Crippen LogP contribution is -2.25. The van der Waals surface area contributed by atoms with E-state index in [0.29, 0.717) is 16.3 Å². The quantitative estimate of drug-likeness (QED) is 0.746. The number of nitriles is 1. The molecule has 0 N–H and O–H groups in total. The summed E-state index contributed by atoms with van der Waals surface area (Å²) in [5.74, 6) is 0. The highest BCUT2D eigenvalue weighted by atomic mass is 32.3. The normalized spacial score (nSPS) is 11.4. The topological polar surface area (TPSA) is 61.2 Å². The van der Waals surface area contributed by atoms with Crippen LogP contribution >= 0.6 is 0 Å². The summed E-state index contributed by atoms with van der Waals surface area (Å²) >= 11 is 0. The summed E-state index contributed by atoms with van der Waals surface area (Å²) in [6.07, 6.45) is 0.370. The van der Waals surface area contributed by atoms with Crippen LogP contribution in [0.5, 0.6) is 0 Å². The van der Waals surface area contributed by atoms with E-state index in [0.717, 1.165) is 5.56 Å². The molecule has 86 valence electrons. The Kier molecular flexibility index (Phi) is 3.99. The minimum Gasteiger partial charge on any atom is -0.192 e. The van der Waals surface area contributed by atoms with Crippen LogP contribution in [-0.4, -0.2) is 26.3 Å². The second-order valence-electron chi connectivity index (χ2n) is 3.33. The van der Waals surface area contributed by atoms with Crippen molar-refractivity contribution in [1.29, 1.82) is 5.26 Å². The van der Waals surface area contributed by atoms with Crippen LogP contribution in [-0.2, 0) is 16.8 Å². The average Bonchev–Trinajstić information content (AvgIpc) is 2.25. The number of nitrogens with zero attached hydrogens (tertiary/aromatic N) is 2. The molecular weight excluding hydrogens is 231 g/mol. The molecule has 6 heteroatoms. The molecule has 0 heterocycles. The lowest BCUT2D eigenvalue weighted by molar-refractivity contribution is 0.435. The zero-order chi connectivity index (χ0) is 12.2. The predicted molar refractivity (Wildman–Crippen MR) is 57.5 cm³/mol. The molecule has 0 bridgehead atoms. The summed E-state index contributed by atoms with van der Waals surface area (Å²) in [5.41, 5.74) is 1.30. The van der Waals surface area contributed by atoms with Crippen LogP contribution in [0.3, 0.4) is 0 Å². The van der Waals surface area contributed by atoms with Gasteiger partial charge < -0.3 is 0 Å². The van der Waals surface area contributed by atoms with Crippen molar-refractivity contribution in [3.63, 3.8) is 0 Å². The van der Waals surface area contributed by atoms with Crippen LogP contribution in [0.4, 0.5) is 3.89 Å². The first kappa shape index (κ1) is 12.6. The van der Waals surface area contributed by atoms with Crippen LogP contribution in [0.15, 0.2) is 24.3 Å². The first-order valence-corrected chi connectivity index (χ1v) is 5.92. The summed E-state index contributed by atoms with van der Waals surface area (Å²) in [6.45, 7) is 0.0493. The molecule has 0 aliphatic carbocycles. The van der Waals surface area contributed by atoms with Gasteiger partial charge in [-0.2, -0.15) is 18.0 Å². The second-order valence-corrected chi connectivity index (χ2v) is 4.77. The first-order chi connectivity index (χ1) is 7.43. The van der Waals surface area contributed by atoms with E-state index in [4.69, 9.17) is 5.26 Å². The van der Waals surface area contributed by atoms with E-state index in [1.807, 2.05) is 6.07 Å². The number of likely N-dealkylation sites (N-methyl/N-ethyl adjacent to an activating group) is 1. The van der Waals surface area contributed by atoms with Crippen LogP contribution in [0.25, 0.3) is 0 Å². The molecule has 1 aromatic carbocycles. The van der Waals surface area contributed by atoms with Crippen LogP contribution in [0.2, 0.25) is 0 Å². The minimum atomic E-state index is -4.62. The zero-order valence-electron chi connectivity index (χ0n) is 8.72. The fourth-order valence-corrected chi connectivity index (χ4v) is 1.50. The fourth-order valence-electron chi connectivity index (χ4n) is 1.19. The summed E-state index contributed by atoms with van der Waals surface area (Å²) in [4.78, 5) is 0. The maximum Gasteiger partial charge on any atom is 0.374 e. The maximum atomic E-state index is 12.5. The van der Waals surface area contributed by atoms with Crippen molar-refractivity contribution in [2.45, 2.75) is 6.42 Å². The first-order valence-electron chi connectivity index (χ1n) is 4.58. The van der Waals surface area contributed by atoms with Crippen molar-refractivity contribution in [1.82, 2.24) is 4.31 Å².